The average molecular weight is 586 g/mol. The molecule has 0 radical (unpaired) electrons. The van der Waals surface area contributed by atoms with E-state index in [0.717, 1.165) is 25.7 Å². The fourth-order valence-electron chi connectivity index (χ4n) is 5.64. The number of carbonyl (C=O) groups is 5. The number of amides is 5. The van der Waals surface area contributed by atoms with Crippen LogP contribution in [0, 0.1) is 0 Å². The van der Waals surface area contributed by atoms with E-state index in [9.17, 15) is 24.0 Å². The molecule has 0 bridgehead atoms. The van der Waals surface area contributed by atoms with Crippen molar-refractivity contribution in [2.45, 2.75) is 102 Å². The molecule has 1 saturated carbocycles. The van der Waals surface area contributed by atoms with Gasteiger partial charge in [0.1, 0.15) is 11.6 Å². The van der Waals surface area contributed by atoms with Crippen molar-refractivity contribution >= 4 is 35.4 Å². The molecule has 230 valence electrons. The molecule has 42 heavy (non-hydrogen) atoms. The molecule has 1 saturated heterocycles. The number of anilines is 1. The number of fused-ring (bicyclic) bond motifs is 1. The summed E-state index contributed by atoms with van der Waals surface area (Å²) in [6.45, 7) is 6.93. The largest absolute Gasteiger partial charge is 0.444 e. The molecule has 12 heteroatoms. The molecule has 1 aromatic carbocycles. The van der Waals surface area contributed by atoms with Gasteiger partial charge in [-0.25, -0.2) is 4.79 Å². The first-order valence-corrected chi connectivity index (χ1v) is 14.8. The highest BCUT2D eigenvalue weighted by molar-refractivity contribution is 6.05. The van der Waals surface area contributed by atoms with Crippen LogP contribution in [0.1, 0.15) is 88.1 Å². The summed E-state index contributed by atoms with van der Waals surface area (Å²) in [7, 11) is 0. The average Bonchev–Trinajstić information content (AvgIpc) is 3.23. The van der Waals surface area contributed by atoms with Gasteiger partial charge in [0.25, 0.3) is 5.91 Å². The Morgan fingerprint density at radius 3 is 2.52 bits per heavy atom. The number of piperidine rings is 1. The lowest BCUT2D eigenvalue weighted by atomic mass is 9.91. The zero-order valence-corrected chi connectivity index (χ0v) is 24.8. The van der Waals surface area contributed by atoms with Crippen LogP contribution in [0.4, 0.5) is 10.5 Å². The highest BCUT2D eigenvalue weighted by Gasteiger charge is 2.39. The lowest BCUT2D eigenvalue weighted by Gasteiger charge is -2.37. The second kappa shape index (κ2) is 13.6. The van der Waals surface area contributed by atoms with Crippen LogP contribution < -0.4 is 16.4 Å². The zero-order valence-electron chi connectivity index (χ0n) is 24.8. The maximum atomic E-state index is 12.9. The van der Waals surface area contributed by atoms with Crippen LogP contribution in [0.25, 0.3) is 0 Å². The number of hydrogen-bond donors (Lipinski definition) is 3. The predicted octanol–water partition coefficient (Wildman–Crippen LogP) is 2.69. The number of benzene rings is 1. The van der Waals surface area contributed by atoms with Crippen LogP contribution in [0.2, 0.25) is 0 Å². The van der Waals surface area contributed by atoms with Crippen molar-refractivity contribution in [1.29, 1.82) is 0 Å². The van der Waals surface area contributed by atoms with Gasteiger partial charge in [-0.2, -0.15) is 0 Å². The Kier molecular flexibility index (Phi) is 10.2. The van der Waals surface area contributed by atoms with E-state index >= 15 is 0 Å². The number of hydrogen-bond acceptors (Lipinski definition) is 8. The molecule has 2 heterocycles. The van der Waals surface area contributed by atoms with Gasteiger partial charge < -0.3 is 30.3 Å². The molecule has 4 rings (SSSR count). The molecule has 0 aromatic heterocycles. The third kappa shape index (κ3) is 8.28. The number of nitrogens with two attached hydrogens (primary N) is 1. The quantitative estimate of drug-likeness (QED) is 0.279. The molecule has 1 aromatic rings. The molecular formula is C30H43N5O7. The first kappa shape index (κ1) is 31.4. The minimum Gasteiger partial charge on any atom is -0.444 e. The van der Waals surface area contributed by atoms with Crippen molar-refractivity contribution in [2.75, 3.05) is 25.1 Å². The molecule has 0 spiro atoms. The van der Waals surface area contributed by atoms with Crippen LogP contribution >= 0.6 is 0 Å². The van der Waals surface area contributed by atoms with Gasteiger partial charge in [0.05, 0.1) is 13.0 Å². The fourth-order valence-corrected chi connectivity index (χ4v) is 5.64. The topological polar surface area (TPSA) is 160 Å². The van der Waals surface area contributed by atoms with Gasteiger partial charge in [-0.15, -0.1) is 0 Å². The maximum Gasteiger partial charge on any atom is 0.410 e. The van der Waals surface area contributed by atoms with Crippen molar-refractivity contribution in [3.8, 4) is 0 Å². The lowest BCUT2D eigenvalue weighted by molar-refractivity contribution is -0.137. The van der Waals surface area contributed by atoms with Crippen LogP contribution in [0.5, 0.6) is 0 Å². The van der Waals surface area contributed by atoms with E-state index in [1.165, 1.54) is 4.90 Å². The molecule has 2 aliphatic heterocycles. The minimum absolute atomic E-state index is 0.101. The summed E-state index contributed by atoms with van der Waals surface area (Å²) in [5.74, 6) is -1.28. The smallest absolute Gasteiger partial charge is 0.410 e. The zero-order chi connectivity index (χ0) is 30.4. The van der Waals surface area contributed by atoms with E-state index in [4.69, 9.17) is 15.2 Å². The van der Waals surface area contributed by atoms with E-state index in [-0.39, 0.29) is 61.9 Å². The van der Waals surface area contributed by atoms with Crippen LogP contribution in [-0.4, -0.2) is 83.0 Å². The Hall–Kier alpha value is -3.51. The third-order valence-corrected chi connectivity index (χ3v) is 7.78. The Morgan fingerprint density at radius 2 is 1.83 bits per heavy atom. The first-order valence-electron chi connectivity index (χ1n) is 14.8. The number of rotatable bonds is 10. The van der Waals surface area contributed by atoms with Crippen molar-refractivity contribution in [3.05, 3.63) is 29.3 Å². The molecule has 1 unspecified atom stereocenters. The molecule has 4 N–H and O–H groups in total. The molecule has 3 aliphatic rings. The van der Waals surface area contributed by atoms with Crippen LogP contribution in [-0.2, 0) is 30.4 Å². The molecule has 1 aliphatic carbocycles. The Morgan fingerprint density at radius 1 is 1.10 bits per heavy atom. The predicted molar refractivity (Wildman–Crippen MR) is 154 cm³/mol. The van der Waals surface area contributed by atoms with Crippen molar-refractivity contribution in [1.82, 2.24) is 15.1 Å². The van der Waals surface area contributed by atoms with E-state index in [2.05, 4.69) is 10.6 Å². The van der Waals surface area contributed by atoms with Crippen LogP contribution in [0.15, 0.2) is 18.2 Å². The van der Waals surface area contributed by atoms with Gasteiger partial charge in [-0.05, 0) is 83.1 Å². The number of imide groups is 1. The summed E-state index contributed by atoms with van der Waals surface area (Å²) < 4.78 is 11.3. The van der Waals surface area contributed by atoms with Crippen molar-refractivity contribution < 1.29 is 33.4 Å². The summed E-state index contributed by atoms with van der Waals surface area (Å²) in [6, 6.07) is 4.64. The van der Waals surface area contributed by atoms with Crippen molar-refractivity contribution in [2.24, 2.45) is 5.73 Å². The molecular weight excluding hydrogens is 542 g/mol. The van der Waals surface area contributed by atoms with E-state index in [1.54, 1.807) is 23.1 Å². The van der Waals surface area contributed by atoms with Crippen LogP contribution in [0.3, 0.4) is 0 Å². The number of nitrogens with zero attached hydrogens (tertiary/aromatic N) is 2. The second-order valence-corrected chi connectivity index (χ2v) is 12.3. The number of carbonyl (C=O) groups excluding carboxylic acids is 5. The summed E-state index contributed by atoms with van der Waals surface area (Å²) in [4.78, 5) is 65.2. The second-order valence-electron chi connectivity index (χ2n) is 12.3. The third-order valence-electron chi connectivity index (χ3n) is 7.78. The normalized spacial score (nSPS) is 22.4. The molecule has 1 atom stereocenters. The summed E-state index contributed by atoms with van der Waals surface area (Å²) >= 11 is 0. The Bertz CT molecular complexity index is 1190. The van der Waals surface area contributed by atoms with Gasteiger partial charge in [0, 0.05) is 49.5 Å². The molecule has 5 amide bonds. The minimum atomic E-state index is -0.685. The van der Waals surface area contributed by atoms with Gasteiger partial charge in [-0.3, -0.25) is 24.5 Å². The Labute approximate surface area is 246 Å². The van der Waals surface area contributed by atoms with E-state index in [1.807, 2.05) is 20.8 Å². The highest BCUT2D eigenvalue weighted by atomic mass is 16.6. The molecule has 12 nitrogen and oxygen atoms in total. The van der Waals surface area contributed by atoms with Gasteiger partial charge in [-0.1, -0.05) is 0 Å². The van der Waals surface area contributed by atoms with Gasteiger partial charge >= 0.3 is 6.09 Å². The standard InChI is InChI=1S/C30H43N5O7/c1-30(2,3)42-29(40)34(22-8-5-20(31)6-9-22)14-4-15-41-16-13-26(37)32-21-7-10-23-19(17-21)18-35(28(23)39)24-11-12-25(36)33-27(24)38/h7,10,17,20,22,24H,4-6,8-9,11-16,18,31H2,1-3H3,(H,32,37)(H,33,36,38)/t20-,22+,24?. The number of nitrogens with one attached hydrogen (secondary N) is 2. The summed E-state index contributed by atoms with van der Waals surface area (Å²) in [5, 5.41) is 5.13. The van der Waals surface area contributed by atoms with Gasteiger partial charge in [0.2, 0.25) is 17.7 Å². The van der Waals surface area contributed by atoms with Gasteiger partial charge in [0.15, 0.2) is 0 Å². The van der Waals surface area contributed by atoms with E-state index < -0.39 is 17.6 Å². The Balaban J connectivity index is 1.19. The molecule has 2 fully saturated rings. The monoisotopic (exact) mass is 585 g/mol. The fraction of sp³-hybridized carbons (Fsp3) is 0.633. The lowest BCUT2D eigenvalue weighted by Crippen LogP contribution is -2.52. The van der Waals surface area contributed by atoms with E-state index in [0.29, 0.717) is 42.8 Å². The summed E-state index contributed by atoms with van der Waals surface area (Å²) in [6.07, 6.45) is 4.40. The summed E-state index contributed by atoms with van der Waals surface area (Å²) in [5.41, 5.74) is 7.22. The first-order chi connectivity index (χ1) is 19.9. The highest BCUT2D eigenvalue weighted by Crippen LogP contribution is 2.29. The SMILES string of the molecule is CC(C)(C)OC(=O)N(CCCOCCC(=O)Nc1ccc2c(c1)CN(C1CCC(=O)NC1=O)C2=O)[C@H]1CC[C@@H](N)CC1. The number of ether oxygens (including phenoxy) is 2. The maximum absolute atomic E-state index is 12.9. The van der Waals surface area contributed by atoms with Crippen molar-refractivity contribution in [3.63, 3.8) is 0 Å².